The normalized spacial score (nSPS) is 17.7. The van der Waals surface area contributed by atoms with Crippen molar-refractivity contribution in [2.75, 3.05) is 36.7 Å². The van der Waals surface area contributed by atoms with Gasteiger partial charge in [-0.05, 0) is 63.9 Å². The molecule has 0 aliphatic carbocycles. The van der Waals surface area contributed by atoms with E-state index in [-0.39, 0.29) is 5.91 Å². The van der Waals surface area contributed by atoms with E-state index in [0.29, 0.717) is 12.2 Å². The van der Waals surface area contributed by atoms with Crippen LogP contribution in [0.2, 0.25) is 0 Å². The smallest absolute Gasteiger partial charge is 0.243 e. The average molecular weight is 382 g/mol. The Bertz CT molecular complexity index is 671. The monoisotopic (exact) mass is 381 g/mol. The first-order valence-electron chi connectivity index (χ1n) is 9.33. The summed E-state index contributed by atoms with van der Waals surface area (Å²) < 4.78 is 25.5. The van der Waals surface area contributed by atoms with Gasteiger partial charge in [-0.25, -0.2) is 8.42 Å². The van der Waals surface area contributed by atoms with Gasteiger partial charge >= 0.3 is 0 Å². The lowest BCUT2D eigenvalue weighted by Gasteiger charge is -2.30. The molecule has 0 aromatic heterocycles. The third-order valence-corrected chi connectivity index (χ3v) is 6.17. The molecule has 26 heavy (non-hydrogen) atoms. The first-order valence-corrected chi connectivity index (χ1v) is 11.2. The van der Waals surface area contributed by atoms with Gasteiger partial charge in [-0.1, -0.05) is 25.1 Å². The summed E-state index contributed by atoms with van der Waals surface area (Å²) in [6.45, 7) is 7.69. The van der Waals surface area contributed by atoms with Crippen LogP contribution in [0.25, 0.3) is 0 Å². The second-order valence-electron chi connectivity index (χ2n) is 7.24. The van der Waals surface area contributed by atoms with Crippen molar-refractivity contribution in [3.05, 3.63) is 30.3 Å². The van der Waals surface area contributed by atoms with E-state index < -0.39 is 16.1 Å². The molecule has 146 valence electrons. The molecule has 1 atom stereocenters. The van der Waals surface area contributed by atoms with Crippen molar-refractivity contribution in [3.8, 4) is 0 Å². The number of nitrogens with one attached hydrogen (secondary N) is 1. The molecular weight excluding hydrogens is 350 g/mol. The molecule has 1 aliphatic rings. The molecule has 1 aromatic carbocycles. The van der Waals surface area contributed by atoms with E-state index in [1.165, 1.54) is 17.1 Å². The van der Waals surface area contributed by atoms with Gasteiger partial charge in [0.25, 0.3) is 0 Å². The zero-order valence-corrected chi connectivity index (χ0v) is 16.8. The summed E-state index contributed by atoms with van der Waals surface area (Å²) in [6.07, 6.45) is 4.48. The number of hydrogen-bond acceptors (Lipinski definition) is 4. The summed E-state index contributed by atoms with van der Waals surface area (Å²) in [5, 5.41) is 2.88. The average Bonchev–Trinajstić information content (AvgIpc) is 2.60. The van der Waals surface area contributed by atoms with Crippen molar-refractivity contribution in [2.24, 2.45) is 5.92 Å². The second-order valence-corrected chi connectivity index (χ2v) is 9.10. The lowest BCUT2D eigenvalue weighted by atomic mass is 9.99. The van der Waals surface area contributed by atoms with Crippen LogP contribution < -0.4 is 9.62 Å². The van der Waals surface area contributed by atoms with Crippen LogP contribution in [0.3, 0.4) is 0 Å². The van der Waals surface area contributed by atoms with Crippen LogP contribution in [0.4, 0.5) is 5.69 Å². The number of anilines is 1. The number of carbonyl (C=O) groups is 1. The molecule has 0 radical (unpaired) electrons. The number of benzene rings is 1. The molecule has 1 unspecified atom stereocenters. The first-order chi connectivity index (χ1) is 12.3. The van der Waals surface area contributed by atoms with Crippen LogP contribution >= 0.6 is 0 Å². The fourth-order valence-corrected chi connectivity index (χ4v) is 4.51. The zero-order valence-electron chi connectivity index (χ0n) is 16.0. The van der Waals surface area contributed by atoms with Gasteiger partial charge in [0, 0.05) is 6.54 Å². The summed E-state index contributed by atoms with van der Waals surface area (Å²) in [5.41, 5.74) is 0.500. The molecule has 1 fully saturated rings. The molecule has 1 heterocycles. The van der Waals surface area contributed by atoms with Crippen molar-refractivity contribution in [3.63, 3.8) is 0 Å². The van der Waals surface area contributed by atoms with Gasteiger partial charge in [-0.2, -0.15) is 0 Å². The lowest BCUT2D eigenvalue weighted by molar-refractivity contribution is -0.121. The van der Waals surface area contributed by atoms with Gasteiger partial charge in [0.1, 0.15) is 6.04 Å². The van der Waals surface area contributed by atoms with Crippen LogP contribution in [-0.2, 0) is 14.8 Å². The molecule has 1 saturated heterocycles. The Hall–Kier alpha value is -1.60. The highest BCUT2D eigenvalue weighted by molar-refractivity contribution is 7.92. The van der Waals surface area contributed by atoms with E-state index in [1.54, 1.807) is 31.2 Å². The Labute approximate surface area is 157 Å². The molecule has 1 aromatic rings. The number of likely N-dealkylation sites (tertiary alicyclic amines) is 1. The largest absolute Gasteiger partial charge is 0.354 e. The van der Waals surface area contributed by atoms with Crippen LogP contribution in [0, 0.1) is 5.92 Å². The highest BCUT2D eigenvalue weighted by Crippen LogP contribution is 2.20. The first kappa shape index (κ1) is 20.7. The van der Waals surface area contributed by atoms with E-state index in [0.717, 1.165) is 38.2 Å². The van der Waals surface area contributed by atoms with Gasteiger partial charge in [0.15, 0.2) is 0 Å². The van der Waals surface area contributed by atoms with Crippen molar-refractivity contribution >= 4 is 21.6 Å². The van der Waals surface area contributed by atoms with Crippen molar-refractivity contribution in [1.82, 2.24) is 10.2 Å². The predicted octanol–water partition coefficient (Wildman–Crippen LogP) is 2.08. The number of hydrogen-bond donors (Lipinski definition) is 1. The minimum atomic E-state index is -3.55. The van der Waals surface area contributed by atoms with Gasteiger partial charge in [-0.3, -0.25) is 9.10 Å². The molecular formula is C19H31N3O3S. The number of rotatable bonds is 8. The van der Waals surface area contributed by atoms with E-state index in [9.17, 15) is 13.2 Å². The molecule has 0 spiro atoms. The number of amides is 1. The molecule has 1 amide bonds. The summed E-state index contributed by atoms with van der Waals surface area (Å²) in [7, 11) is -3.55. The maximum absolute atomic E-state index is 12.5. The van der Waals surface area contributed by atoms with Crippen molar-refractivity contribution in [2.45, 2.75) is 39.2 Å². The molecule has 1 aliphatic heterocycles. The Morgan fingerprint density at radius 1 is 1.27 bits per heavy atom. The summed E-state index contributed by atoms with van der Waals surface area (Å²) >= 11 is 0. The van der Waals surface area contributed by atoms with E-state index in [4.69, 9.17) is 0 Å². The van der Waals surface area contributed by atoms with Gasteiger partial charge < -0.3 is 10.2 Å². The third-order valence-electron chi connectivity index (χ3n) is 4.93. The van der Waals surface area contributed by atoms with E-state index in [2.05, 4.69) is 17.1 Å². The second kappa shape index (κ2) is 9.37. The Morgan fingerprint density at radius 2 is 1.88 bits per heavy atom. The number of para-hydroxylation sites is 1. The van der Waals surface area contributed by atoms with Gasteiger partial charge in [-0.15, -0.1) is 0 Å². The number of sulfonamides is 1. The van der Waals surface area contributed by atoms with E-state index >= 15 is 0 Å². The Morgan fingerprint density at radius 3 is 2.46 bits per heavy atom. The number of piperidine rings is 1. The zero-order chi connectivity index (χ0) is 19.2. The molecule has 7 heteroatoms. The van der Waals surface area contributed by atoms with Gasteiger partial charge in [0.05, 0.1) is 11.9 Å². The SMILES string of the molecule is CC1CCN(CCCNC(=O)C(C)N(c2ccccc2)S(C)(=O)=O)CC1. The lowest BCUT2D eigenvalue weighted by Crippen LogP contribution is -2.48. The van der Waals surface area contributed by atoms with Crippen LogP contribution in [-0.4, -0.2) is 57.7 Å². The van der Waals surface area contributed by atoms with Crippen molar-refractivity contribution in [1.29, 1.82) is 0 Å². The molecule has 6 nitrogen and oxygen atoms in total. The Balaban J connectivity index is 1.85. The summed E-state index contributed by atoms with van der Waals surface area (Å²) in [5.74, 6) is 0.540. The highest BCUT2D eigenvalue weighted by atomic mass is 32.2. The van der Waals surface area contributed by atoms with Gasteiger partial charge in [0.2, 0.25) is 15.9 Å². The minimum absolute atomic E-state index is 0.272. The highest BCUT2D eigenvalue weighted by Gasteiger charge is 2.28. The summed E-state index contributed by atoms with van der Waals surface area (Å²) in [6, 6.07) is 7.94. The molecule has 2 rings (SSSR count). The Kier molecular flexibility index (Phi) is 7.46. The minimum Gasteiger partial charge on any atom is -0.354 e. The number of nitrogens with zero attached hydrogens (tertiary/aromatic N) is 2. The maximum Gasteiger partial charge on any atom is 0.243 e. The quantitative estimate of drug-likeness (QED) is 0.700. The number of carbonyl (C=O) groups excluding carboxylic acids is 1. The van der Waals surface area contributed by atoms with Crippen LogP contribution in [0.1, 0.15) is 33.1 Å². The predicted molar refractivity (Wildman–Crippen MR) is 106 cm³/mol. The molecule has 1 N–H and O–H groups in total. The molecule has 0 saturated carbocycles. The molecule has 0 bridgehead atoms. The summed E-state index contributed by atoms with van der Waals surface area (Å²) in [4.78, 5) is 14.9. The maximum atomic E-state index is 12.5. The fraction of sp³-hybridized carbons (Fsp3) is 0.632. The van der Waals surface area contributed by atoms with Crippen LogP contribution in [0.5, 0.6) is 0 Å². The fourth-order valence-electron chi connectivity index (χ4n) is 3.33. The van der Waals surface area contributed by atoms with Crippen LogP contribution in [0.15, 0.2) is 30.3 Å². The van der Waals surface area contributed by atoms with E-state index in [1.807, 2.05) is 6.07 Å². The topological polar surface area (TPSA) is 69.7 Å². The third kappa shape index (κ3) is 5.99. The standard InChI is InChI=1S/C19H31N3O3S/c1-16-10-14-21(15-11-16)13-7-12-20-19(23)17(2)22(26(3,24)25)18-8-5-4-6-9-18/h4-6,8-9,16-17H,7,10-15H2,1-3H3,(H,20,23). The van der Waals surface area contributed by atoms with Crippen molar-refractivity contribution < 1.29 is 13.2 Å².